The fourth-order valence-corrected chi connectivity index (χ4v) is 1.18. The number of hydrazone groups is 1. The van der Waals surface area contributed by atoms with Crippen LogP contribution in [0.2, 0.25) is 0 Å². The predicted molar refractivity (Wildman–Crippen MR) is 60.6 cm³/mol. The van der Waals surface area contributed by atoms with Crippen LogP contribution in [0.1, 0.15) is 47.5 Å². The number of Topliss-reactive ketones (excluding diaryl/α,β-unsaturated/α-hetero) is 1. The first kappa shape index (κ1) is 13.8. The predicted octanol–water partition coefficient (Wildman–Crippen LogP) is 1.89. The molecule has 0 aromatic rings. The van der Waals surface area contributed by atoms with Crippen molar-refractivity contribution in [2.24, 2.45) is 10.5 Å². The first-order valence-electron chi connectivity index (χ1n) is 5.17. The van der Waals surface area contributed by atoms with E-state index in [1.807, 2.05) is 27.7 Å². The van der Waals surface area contributed by atoms with Gasteiger partial charge in [0, 0.05) is 18.8 Å². The molecule has 1 amide bonds. The number of nitrogens with zero attached hydrogens (tertiary/aromatic N) is 1. The van der Waals surface area contributed by atoms with E-state index in [0.717, 1.165) is 6.42 Å². The van der Waals surface area contributed by atoms with Crippen molar-refractivity contribution in [2.45, 2.75) is 47.5 Å². The molecule has 1 N–H and O–H groups in total. The quantitative estimate of drug-likeness (QED) is 0.571. The fourth-order valence-electron chi connectivity index (χ4n) is 1.18. The average Bonchev–Trinajstić information content (AvgIpc) is 2.01. The monoisotopic (exact) mass is 212 g/mol. The summed E-state index contributed by atoms with van der Waals surface area (Å²) in [5, 5.41) is 3.88. The minimum atomic E-state index is -0.342. The second kappa shape index (κ2) is 5.63. The molecule has 4 nitrogen and oxygen atoms in total. The number of ketones is 1. The molecule has 0 aromatic carbocycles. The Balaban J connectivity index is 4.59. The molecular weight excluding hydrogens is 192 g/mol. The molecule has 0 radical (unpaired) electrons. The van der Waals surface area contributed by atoms with Crippen LogP contribution < -0.4 is 5.43 Å². The molecule has 0 heterocycles. The van der Waals surface area contributed by atoms with Gasteiger partial charge in [0.1, 0.15) is 5.71 Å². The lowest BCUT2D eigenvalue weighted by atomic mass is 9.88. The SMILES string of the molecule is CCCC(=O)N/N=C(\C(C)=O)C(C)(C)C. The summed E-state index contributed by atoms with van der Waals surface area (Å²) in [7, 11) is 0. The van der Waals surface area contributed by atoms with Gasteiger partial charge in [-0.1, -0.05) is 27.7 Å². The highest BCUT2D eigenvalue weighted by molar-refractivity contribution is 6.40. The topological polar surface area (TPSA) is 58.5 Å². The third-order valence-corrected chi connectivity index (χ3v) is 1.81. The van der Waals surface area contributed by atoms with Gasteiger partial charge < -0.3 is 0 Å². The Morgan fingerprint density at radius 3 is 2.13 bits per heavy atom. The summed E-state index contributed by atoms with van der Waals surface area (Å²) < 4.78 is 0. The van der Waals surface area contributed by atoms with Crippen molar-refractivity contribution in [2.75, 3.05) is 0 Å². The number of hydrogen-bond acceptors (Lipinski definition) is 3. The van der Waals surface area contributed by atoms with Crippen molar-refractivity contribution in [1.82, 2.24) is 5.43 Å². The van der Waals surface area contributed by atoms with Gasteiger partial charge in [-0.05, 0) is 6.42 Å². The van der Waals surface area contributed by atoms with E-state index in [1.54, 1.807) is 0 Å². The van der Waals surface area contributed by atoms with Gasteiger partial charge in [-0.2, -0.15) is 5.10 Å². The van der Waals surface area contributed by atoms with E-state index in [0.29, 0.717) is 12.1 Å². The minimum Gasteiger partial charge on any atom is -0.293 e. The molecule has 0 atom stereocenters. The molecule has 0 saturated carbocycles. The lowest BCUT2D eigenvalue weighted by Gasteiger charge is -2.18. The van der Waals surface area contributed by atoms with Crippen molar-refractivity contribution >= 4 is 17.4 Å². The smallest absolute Gasteiger partial charge is 0.240 e. The standard InChI is InChI=1S/C11H20N2O2/c1-6-7-9(15)12-13-10(8(2)14)11(3,4)5/h6-7H2,1-5H3,(H,12,15)/b13-10+. The van der Waals surface area contributed by atoms with Crippen LogP contribution in [-0.2, 0) is 9.59 Å². The lowest BCUT2D eigenvalue weighted by molar-refractivity contribution is -0.121. The van der Waals surface area contributed by atoms with Crippen LogP contribution in [0.25, 0.3) is 0 Å². The summed E-state index contributed by atoms with van der Waals surface area (Å²) in [6.07, 6.45) is 1.20. The Bertz CT molecular complexity index is 275. The molecule has 0 aromatic heterocycles. The Hall–Kier alpha value is -1.19. The number of amides is 1. The Labute approximate surface area is 91.1 Å². The van der Waals surface area contributed by atoms with Gasteiger partial charge in [0.2, 0.25) is 5.91 Å². The van der Waals surface area contributed by atoms with Crippen molar-refractivity contribution in [1.29, 1.82) is 0 Å². The van der Waals surface area contributed by atoms with Gasteiger partial charge in [0.05, 0.1) is 0 Å². The highest BCUT2D eigenvalue weighted by Gasteiger charge is 2.23. The van der Waals surface area contributed by atoms with E-state index in [2.05, 4.69) is 10.5 Å². The summed E-state index contributed by atoms with van der Waals surface area (Å²) in [6, 6.07) is 0. The Kier molecular flexibility index (Phi) is 5.19. The van der Waals surface area contributed by atoms with Crippen LogP contribution in [0.15, 0.2) is 5.10 Å². The molecule has 0 bridgehead atoms. The van der Waals surface area contributed by atoms with E-state index in [9.17, 15) is 9.59 Å². The van der Waals surface area contributed by atoms with Gasteiger partial charge >= 0.3 is 0 Å². The molecule has 0 rings (SSSR count). The highest BCUT2D eigenvalue weighted by atomic mass is 16.2. The molecule has 0 unspecified atom stereocenters. The van der Waals surface area contributed by atoms with Gasteiger partial charge in [0.25, 0.3) is 0 Å². The molecule has 0 spiro atoms. The molecule has 4 heteroatoms. The molecule has 0 saturated heterocycles. The first-order valence-corrected chi connectivity index (χ1v) is 5.17. The zero-order chi connectivity index (χ0) is 12.1. The zero-order valence-corrected chi connectivity index (χ0v) is 10.2. The average molecular weight is 212 g/mol. The van der Waals surface area contributed by atoms with Crippen LogP contribution >= 0.6 is 0 Å². The summed E-state index contributed by atoms with van der Waals surface area (Å²) in [4.78, 5) is 22.4. The number of rotatable bonds is 4. The van der Waals surface area contributed by atoms with Crippen LogP contribution in [0, 0.1) is 5.41 Å². The molecule has 0 aliphatic carbocycles. The first-order chi connectivity index (χ1) is 6.79. The summed E-state index contributed by atoms with van der Waals surface area (Å²) in [5.41, 5.74) is 2.45. The van der Waals surface area contributed by atoms with E-state index < -0.39 is 0 Å². The molecular formula is C11H20N2O2. The van der Waals surface area contributed by atoms with Crippen LogP contribution in [0.4, 0.5) is 0 Å². The summed E-state index contributed by atoms with van der Waals surface area (Å²) in [5.74, 6) is -0.264. The molecule has 0 aliphatic rings. The van der Waals surface area contributed by atoms with E-state index in [-0.39, 0.29) is 17.1 Å². The van der Waals surface area contributed by atoms with Crippen LogP contribution in [-0.4, -0.2) is 17.4 Å². The molecule has 0 aliphatic heterocycles. The Morgan fingerprint density at radius 2 is 1.80 bits per heavy atom. The largest absolute Gasteiger partial charge is 0.293 e. The second-order valence-electron chi connectivity index (χ2n) is 4.55. The number of nitrogens with one attached hydrogen (secondary N) is 1. The zero-order valence-electron chi connectivity index (χ0n) is 10.2. The number of carbonyl (C=O) groups excluding carboxylic acids is 2. The summed E-state index contributed by atoms with van der Waals surface area (Å²) in [6.45, 7) is 9.03. The number of hydrogen-bond donors (Lipinski definition) is 1. The van der Waals surface area contributed by atoms with Gasteiger partial charge in [-0.3, -0.25) is 9.59 Å². The van der Waals surface area contributed by atoms with Gasteiger partial charge in [-0.25, -0.2) is 5.43 Å². The van der Waals surface area contributed by atoms with Crippen LogP contribution in [0.3, 0.4) is 0 Å². The molecule has 0 fully saturated rings. The van der Waals surface area contributed by atoms with Gasteiger partial charge in [0.15, 0.2) is 5.78 Å². The van der Waals surface area contributed by atoms with Crippen molar-refractivity contribution in [3.05, 3.63) is 0 Å². The highest BCUT2D eigenvalue weighted by Crippen LogP contribution is 2.16. The maximum atomic E-state index is 11.3. The number of carbonyl (C=O) groups is 2. The van der Waals surface area contributed by atoms with Crippen LogP contribution in [0.5, 0.6) is 0 Å². The summed E-state index contributed by atoms with van der Waals surface area (Å²) >= 11 is 0. The minimum absolute atomic E-state index is 0.112. The maximum Gasteiger partial charge on any atom is 0.240 e. The third kappa shape index (κ3) is 5.30. The van der Waals surface area contributed by atoms with Crippen molar-refractivity contribution < 1.29 is 9.59 Å². The third-order valence-electron chi connectivity index (χ3n) is 1.81. The van der Waals surface area contributed by atoms with E-state index >= 15 is 0 Å². The van der Waals surface area contributed by atoms with E-state index in [4.69, 9.17) is 0 Å². The second-order valence-corrected chi connectivity index (χ2v) is 4.55. The van der Waals surface area contributed by atoms with E-state index in [1.165, 1.54) is 6.92 Å². The van der Waals surface area contributed by atoms with Crippen molar-refractivity contribution in [3.8, 4) is 0 Å². The maximum absolute atomic E-state index is 11.3. The molecule has 86 valence electrons. The lowest BCUT2D eigenvalue weighted by Crippen LogP contribution is -2.31. The van der Waals surface area contributed by atoms with Crippen molar-refractivity contribution in [3.63, 3.8) is 0 Å². The fraction of sp³-hybridized carbons (Fsp3) is 0.727. The van der Waals surface area contributed by atoms with Gasteiger partial charge in [-0.15, -0.1) is 0 Å². The normalized spacial score (nSPS) is 12.5. The Morgan fingerprint density at radius 1 is 1.27 bits per heavy atom. The molecule has 15 heavy (non-hydrogen) atoms.